The number of ether oxygens (including phenoxy) is 1. The van der Waals surface area contributed by atoms with Gasteiger partial charge in [0.2, 0.25) is 0 Å². The van der Waals surface area contributed by atoms with Crippen molar-refractivity contribution in [3.63, 3.8) is 0 Å². The molecule has 2 N–H and O–H groups in total. The molecule has 3 aromatic rings. The van der Waals surface area contributed by atoms with Crippen LogP contribution in [0.15, 0.2) is 69.6 Å². The van der Waals surface area contributed by atoms with Gasteiger partial charge in [-0.1, -0.05) is 34.1 Å². The Kier molecular flexibility index (Phi) is 7.29. The summed E-state index contributed by atoms with van der Waals surface area (Å²) >= 11 is 6.86. The zero-order valence-corrected chi connectivity index (χ0v) is 19.6. The van der Waals surface area contributed by atoms with Crippen molar-refractivity contribution in [1.29, 1.82) is 0 Å². The summed E-state index contributed by atoms with van der Waals surface area (Å²) in [4.78, 5) is 24.6. The number of nitrogens with one attached hydrogen (secondary N) is 2. The van der Waals surface area contributed by atoms with E-state index in [-0.39, 0.29) is 18.4 Å². The SMILES string of the molecule is Cc1ccccc1C(=O)Nc1ccc(NC(=O)COc2c(C)cc(Br)cc2Br)cc1. The van der Waals surface area contributed by atoms with Crippen LogP contribution in [0, 0.1) is 13.8 Å². The normalized spacial score (nSPS) is 10.4. The van der Waals surface area contributed by atoms with Crippen LogP contribution < -0.4 is 15.4 Å². The molecule has 2 amide bonds. The molecule has 0 atom stereocenters. The van der Waals surface area contributed by atoms with Crippen LogP contribution >= 0.6 is 31.9 Å². The molecule has 0 radical (unpaired) electrons. The molecule has 3 rings (SSSR count). The molecular formula is C23H20Br2N2O3. The minimum absolute atomic E-state index is 0.118. The summed E-state index contributed by atoms with van der Waals surface area (Å²) in [6.45, 7) is 3.68. The molecule has 0 aromatic heterocycles. The molecule has 0 aliphatic carbocycles. The van der Waals surface area contributed by atoms with Crippen LogP contribution in [0.4, 0.5) is 11.4 Å². The fourth-order valence-corrected chi connectivity index (χ4v) is 4.42. The highest BCUT2D eigenvalue weighted by atomic mass is 79.9. The van der Waals surface area contributed by atoms with Crippen molar-refractivity contribution < 1.29 is 14.3 Å². The summed E-state index contributed by atoms with van der Waals surface area (Å²) in [7, 11) is 0. The van der Waals surface area contributed by atoms with E-state index < -0.39 is 0 Å². The molecule has 0 fully saturated rings. The summed E-state index contributed by atoms with van der Waals surface area (Å²) in [6.07, 6.45) is 0. The molecule has 30 heavy (non-hydrogen) atoms. The van der Waals surface area contributed by atoms with Gasteiger partial charge in [-0.15, -0.1) is 0 Å². The van der Waals surface area contributed by atoms with Gasteiger partial charge in [-0.3, -0.25) is 9.59 Å². The van der Waals surface area contributed by atoms with Crippen LogP contribution in [0.3, 0.4) is 0 Å². The lowest BCUT2D eigenvalue weighted by Crippen LogP contribution is -2.20. The van der Waals surface area contributed by atoms with Gasteiger partial charge in [-0.05, 0) is 83.4 Å². The Morgan fingerprint density at radius 1 is 0.867 bits per heavy atom. The van der Waals surface area contributed by atoms with E-state index in [0.717, 1.165) is 20.1 Å². The molecule has 0 heterocycles. The first kappa shape index (κ1) is 22.1. The van der Waals surface area contributed by atoms with Gasteiger partial charge in [-0.2, -0.15) is 0 Å². The van der Waals surface area contributed by atoms with E-state index in [1.54, 1.807) is 30.3 Å². The quantitative estimate of drug-likeness (QED) is 0.404. The number of carbonyl (C=O) groups excluding carboxylic acids is 2. The van der Waals surface area contributed by atoms with Crippen molar-refractivity contribution in [2.75, 3.05) is 17.2 Å². The highest BCUT2D eigenvalue weighted by Gasteiger charge is 2.11. The lowest BCUT2D eigenvalue weighted by atomic mass is 10.1. The van der Waals surface area contributed by atoms with Crippen LogP contribution in [0.1, 0.15) is 21.5 Å². The topological polar surface area (TPSA) is 67.4 Å². The molecule has 0 saturated heterocycles. The average molecular weight is 532 g/mol. The number of aryl methyl sites for hydroxylation is 2. The third-order valence-electron chi connectivity index (χ3n) is 4.36. The minimum atomic E-state index is -0.277. The second-order valence-corrected chi connectivity index (χ2v) is 8.49. The van der Waals surface area contributed by atoms with Gasteiger partial charge in [0.1, 0.15) is 5.75 Å². The number of hydrogen-bond donors (Lipinski definition) is 2. The number of amides is 2. The summed E-state index contributed by atoms with van der Waals surface area (Å²) in [5.74, 6) is 0.178. The third kappa shape index (κ3) is 5.70. The zero-order chi connectivity index (χ0) is 21.7. The van der Waals surface area contributed by atoms with E-state index in [0.29, 0.717) is 22.7 Å². The molecule has 0 spiro atoms. The summed E-state index contributed by atoms with van der Waals surface area (Å²) in [5, 5.41) is 5.64. The molecular weight excluding hydrogens is 512 g/mol. The van der Waals surface area contributed by atoms with Crippen LogP contribution in [-0.4, -0.2) is 18.4 Å². The van der Waals surface area contributed by atoms with Gasteiger partial charge in [0.25, 0.3) is 11.8 Å². The first-order chi connectivity index (χ1) is 14.3. The molecule has 0 saturated carbocycles. The second kappa shape index (κ2) is 9.91. The van der Waals surface area contributed by atoms with Crippen molar-refractivity contribution >= 4 is 55.0 Å². The maximum atomic E-state index is 12.4. The fraction of sp³-hybridized carbons (Fsp3) is 0.130. The van der Waals surface area contributed by atoms with Crippen LogP contribution in [-0.2, 0) is 4.79 Å². The number of benzene rings is 3. The second-order valence-electron chi connectivity index (χ2n) is 6.72. The van der Waals surface area contributed by atoms with E-state index >= 15 is 0 Å². The summed E-state index contributed by atoms with van der Waals surface area (Å²) < 4.78 is 7.36. The maximum Gasteiger partial charge on any atom is 0.262 e. The minimum Gasteiger partial charge on any atom is -0.482 e. The zero-order valence-electron chi connectivity index (χ0n) is 16.5. The predicted molar refractivity (Wildman–Crippen MR) is 126 cm³/mol. The van der Waals surface area contributed by atoms with Gasteiger partial charge < -0.3 is 15.4 Å². The first-order valence-corrected chi connectivity index (χ1v) is 10.8. The van der Waals surface area contributed by atoms with Gasteiger partial charge in [0.15, 0.2) is 6.61 Å². The van der Waals surface area contributed by atoms with Crippen molar-refractivity contribution in [2.45, 2.75) is 13.8 Å². The number of anilines is 2. The highest BCUT2D eigenvalue weighted by Crippen LogP contribution is 2.32. The number of halogens is 2. The van der Waals surface area contributed by atoms with E-state index in [9.17, 15) is 9.59 Å². The van der Waals surface area contributed by atoms with Gasteiger partial charge >= 0.3 is 0 Å². The van der Waals surface area contributed by atoms with E-state index in [1.165, 1.54) is 0 Å². The van der Waals surface area contributed by atoms with Gasteiger partial charge in [0, 0.05) is 21.4 Å². The highest BCUT2D eigenvalue weighted by molar-refractivity contribution is 9.11. The molecule has 154 valence electrons. The molecule has 0 aliphatic heterocycles. The summed E-state index contributed by atoms with van der Waals surface area (Å²) in [5.41, 5.74) is 3.71. The van der Waals surface area contributed by atoms with Crippen LogP contribution in [0.5, 0.6) is 5.75 Å². The summed E-state index contributed by atoms with van der Waals surface area (Å²) in [6, 6.07) is 18.1. The Labute approximate surface area is 192 Å². The first-order valence-electron chi connectivity index (χ1n) is 9.19. The van der Waals surface area contributed by atoms with Crippen molar-refractivity contribution in [2.24, 2.45) is 0 Å². The Balaban J connectivity index is 1.56. The maximum absolute atomic E-state index is 12.4. The van der Waals surface area contributed by atoms with Gasteiger partial charge in [0.05, 0.1) is 4.47 Å². The standard InChI is InChI=1S/C23H20Br2N2O3/c1-14-5-3-4-6-19(14)23(29)27-18-9-7-17(8-10-18)26-21(28)13-30-22-15(2)11-16(24)12-20(22)25/h3-12H,13H2,1-2H3,(H,26,28)(H,27,29). The molecule has 5 nitrogen and oxygen atoms in total. The molecule has 7 heteroatoms. The average Bonchev–Trinajstić information content (AvgIpc) is 2.69. The number of rotatable bonds is 6. The number of carbonyl (C=O) groups is 2. The smallest absolute Gasteiger partial charge is 0.262 e. The Hall–Kier alpha value is -2.64. The lowest BCUT2D eigenvalue weighted by molar-refractivity contribution is -0.118. The number of hydrogen-bond acceptors (Lipinski definition) is 3. The molecule has 0 unspecified atom stereocenters. The Bertz CT molecular complexity index is 1060. The van der Waals surface area contributed by atoms with E-state index in [1.807, 2.05) is 44.2 Å². The lowest BCUT2D eigenvalue weighted by Gasteiger charge is -2.12. The van der Waals surface area contributed by atoms with Crippen molar-refractivity contribution in [3.05, 3.63) is 86.3 Å². The largest absolute Gasteiger partial charge is 0.482 e. The molecule has 3 aromatic carbocycles. The van der Waals surface area contributed by atoms with Gasteiger partial charge in [-0.25, -0.2) is 0 Å². The molecule has 0 bridgehead atoms. The van der Waals surface area contributed by atoms with Crippen molar-refractivity contribution in [1.82, 2.24) is 0 Å². The monoisotopic (exact) mass is 530 g/mol. The van der Waals surface area contributed by atoms with Crippen LogP contribution in [0.2, 0.25) is 0 Å². The molecule has 0 aliphatic rings. The van der Waals surface area contributed by atoms with E-state index in [4.69, 9.17) is 4.74 Å². The predicted octanol–water partition coefficient (Wildman–Crippen LogP) is 6.10. The van der Waals surface area contributed by atoms with E-state index in [2.05, 4.69) is 42.5 Å². The fourth-order valence-electron chi connectivity index (χ4n) is 2.87. The Morgan fingerprint density at radius 3 is 2.13 bits per heavy atom. The van der Waals surface area contributed by atoms with Crippen LogP contribution in [0.25, 0.3) is 0 Å². The van der Waals surface area contributed by atoms with Crippen molar-refractivity contribution in [3.8, 4) is 5.75 Å². The third-order valence-corrected chi connectivity index (χ3v) is 5.40. The Morgan fingerprint density at radius 2 is 1.50 bits per heavy atom.